The molecule has 0 aliphatic heterocycles. The molecule has 0 aliphatic carbocycles. The van der Waals surface area contributed by atoms with Crippen LogP contribution in [0.2, 0.25) is 44.8 Å². The Hall–Kier alpha value is 0.394. The highest BCUT2D eigenvalue weighted by atomic mass is 28.4. The predicted octanol–water partition coefficient (Wildman–Crippen LogP) is 3.95. The van der Waals surface area contributed by atoms with Crippen LogP contribution < -0.4 is 0 Å². The molecule has 1 nitrogen and oxygen atoms in total. The van der Waals surface area contributed by atoms with E-state index in [2.05, 4.69) is 46.6 Å². The van der Waals surface area contributed by atoms with E-state index in [1.165, 1.54) is 12.1 Å². The second kappa shape index (κ2) is 4.76. The Kier molecular flexibility index (Phi) is 4.90. The summed E-state index contributed by atoms with van der Waals surface area (Å²) in [4.78, 5) is 0. The lowest BCUT2D eigenvalue weighted by molar-refractivity contribution is 0.232. The van der Waals surface area contributed by atoms with Crippen molar-refractivity contribution in [2.45, 2.75) is 64.8 Å². The fourth-order valence-electron chi connectivity index (χ4n) is 1.37. The summed E-state index contributed by atoms with van der Waals surface area (Å²) in [5.41, 5.74) is 0. The van der Waals surface area contributed by atoms with Crippen molar-refractivity contribution in [1.29, 1.82) is 0 Å². The highest BCUT2D eigenvalue weighted by molar-refractivity contribution is 6.79. The van der Waals surface area contributed by atoms with Gasteiger partial charge in [0.15, 0.2) is 8.32 Å². The number of hydrogen-bond donors (Lipinski definition) is 0. The van der Waals surface area contributed by atoms with E-state index < -0.39 is 16.4 Å². The zero-order valence-corrected chi connectivity index (χ0v) is 12.4. The SMILES string of the molecule is CC(C)O[Si](C)(C)CC[Si](C)(C)C. The Morgan fingerprint density at radius 2 is 1.38 bits per heavy atom. The molecule has 0 aliphatic rings. The summed E-state index contributed by atoms with van der Waals surface area (Å²) in [6, 6.07) is 2.75. The minimum Gasteiger partial charge on any atom is -0.415 e. The molecule has 0 aromatic rings. The lowest BCUT2D eigenvalue weighted by atomic mass is 10.5. The van der Waals surface area contributed by atoms with Gasteiger partial charge >= 0.3 is 0 Å². The van der Waals surface area contributed by atoms with Crippen LogP contribution in [0.3, 0.4) is 0 Å². The van der Waals surface area contributed by atoms with E-state index in [9.17, 15) is 0 Å². The van der Waals surface area contributed by atoms with E-state index in [1.54, 1.807) is 0 Å². The van der Waals surface area contributed by atoms with E-state index in [1.807, 2.05) is 0 Å². The maximum absolute atomic E-state index is 5.99. The molecule has 0 saturated carbocycles. The third-order valence-corrected chi connectivity index (χ3v) is 6.85. The fraction of sp³-hybridized carbons (Fsp3) is 1.00. The first-order valence-electron chi connectivity index (χ1n) is 5.30. The molecule has 0 aromatic carbocycles. The summed E-state index contributed by atoms with van der Waals surface area (Å²) in [6.45, 7) is 16.3. The standard InChI is InChI=1S/C10H26OSi2/c1-10(2)11-13(6,7)9-8-12(3,4)5/h10H,8-9H2,1-7H3. The number of hydrogen-bond acceptors (Lipinski definition) is 1. The molecule has 0 aromatic heterocycles. The first-order chi connectivity index (χ1) is 5.62. The molecule has 0 fully saturated rings. The van der Waals surface area contributed by atoms with Gasteiger partial charge in [-0.3, -0.25) is 0 Å². The largest absolute Gasteiger partial charge is 0.415 e. The molecule has 0 spiro atoms. The topological polar surface area (TPSA) is 9.23 Å². The zero-order chi connectivity index (χ0) is 10.7. The van der Waals surface area contributed by atoms with Gasteiger partial charge in [-0.25, -0.2) is 0 Å². The van der Waals surface area contributed by atoms with E-state index >= 15 is 0 Å². The van der Waals surface area contributed by atoms with Crippen molar-refractivity contribution in [3.63, 3.8) is 0 Å². The molecule has 13 heavy (non-hydrogen) atoms. The highest BCUT2D eigenvalue weighted by Gasteiger charge is 2.26. The second-order valence-electron chi connectivity index (χ2n) is 5.99. The highest BCUT2D eigenvalue weighted by Crippen LogP contribution is 2.21. The minimum absolute atomic E-state index is 0.406. The normalized spacial score (nSPS) is 13.8. The zero-order valence-electron chi connectivity index (χ0n) is 10.4. The first kappa shape index (κ1) is 13.4. The molecule has 0 N–H and O–H groups in total. The summed E-state index contributed by atoms with van der Waals surface area (Å²) >= 11 is 0. The summed E-state index contributed by atoms with van der Waals surface area (Å²) in [7, 11) is -2.20. The monoisotopic (exact) mass is 218 g/mol. The molecular weight excluding hydrogens is 192 g/mol. The quantitative estimate of drug-likeness (QED) is 0.635. The molecule has 3 heteroatoms. The first-order valence-corrected chi connectivity index (χ1v) is 12.1. The molecule has 0 amide bonds. The molecule has 0 rings (SSSR count). The van der Waals surface area contributed by atoms with E-state index in [0.717, 1.165) is 0 Å². The van der Waals surface area contributed by atoms with Gasteiger partial charge in [-0.05, 0) is 33.0 Å². The van der Waals surface area contributed by atoms with Crippen molar-refractivity contribution < 1.29 is 4.43 Å². The smallest absolute Gasteiger partial charge is 0.186 e. The van der Waals surface area contributed by atoms with E-state index in [-0.39, 0.29) is 0 Å². The summed E-state index contributed by atoms with van der Waals surface area (Å²) < 4.78 is 5.99. The minimum atomic E-state index is -1.34. The maximum atomic E-state index is 5.99. The molecule has 0 radical (unpaired) electrons. The van der Waals surface area contributed by atoms with Gasteiger partial charge in [-0.2, -0.15) is 0 Å². The van der Waals surface area contributed by atoms with Crippen molar-refractivity contribution in [1.82, 2.24) is 0 Å². The van der Waals surface area contributed by atoms with Gasteiger partial charge in [0.05, 0.1) is 0 Å². The summed E-state index contributed by atoms with van der Waals surface area (Å²) in [6.07, 6.45) is 0.406. The summed E-state index contributed by atoms with van der Waals surface area (Å²) in [5, 5.41) is 0. The molecule has 0 heterocycles. The average Bonchev–Trinajstić information content (AvgIpc) is 1.79. The van der Waals surface area contributed by atoms with E-state index in [4.69, 9.17) is 4.43 Å². The van der Waals surface area contributed by atoms with Crippen LogP contribution >= 0.6 is 0 Å². The molecule has 0 bridgehead atoms. The third-order valence-electron chi connectivity index (χ3n) is 2.03. The van der Waals surface area contributed by atoms with Crippen molar-refractivity contribution in [2.75, 3.05) is 0 Å². The van der Waals surface area contributed by atoms with Crippen molar-refractivity contribution in [2.24, 2.45) is 0 Å². The van der Waals surface area contributed by atoms with E-state index in [0.29, 0.717) is 6.10 Å². The maximum Gasteiger partial charge on any atom is 0.186 e. The Bertz CT molecular complexity index is 147. The molecular formula is C10H26OSi2. The summed E-state index contributed by atoms with van der Waals surface area (Å²) in [5.74, 6) is 0. The van der Waals surface area contributed by atoms with Crippen molar-refractivity contribution in [3.05, 3.63) is 0 Å². The van der Waals surface area contributed by atoms with Gasteiger partial charge in [0.2, 0.25) is 0 Å². The Morgan fingerprint density at radius 1 is 0.923 bits per heavy atom. The third kappa shape index (κ3) is 8.72. The van der Waals surface area contributed by atoms with Crippen LogP contribution in [-0.4, -0.2) is 22.5 Å². The van der Waals surface area contributed by atoms with Gasteiger partial charge in [0, 0.05) is 14.2 Å². The predicted molar refractivity (Wildman–Crippen MR) is 66.7 cm³/mol. The van der Waals surface area contributed by atoms with Crippen LogP contribution in [-0.2, 0) is 4.43 Å². The lowest BCUT2D eigenvalue weighted by Crippen LogP contribution is -2.35. The van der Waals surface area contributed by atoms with Gasteiger partial charge in [-0.1, -0.05) is 25.7 Å². The van der Waals surface area contributed by atoms with Crippen LogP contribution in [0.5, 0.6) is 0 Å². The number of rotatable bonds is 5. The fourth-order valence-corrected chi connectivity index (χ4v) is 8.18. The van der Waals surface area contributed by atoms with Gasteiger partial charge in [0.25, 0.3) is 0 Å². The van der Waals surface area contributed by atoms with Crippen molar-refractivity contribution >= 4 is 16.4 Å². The Labute approximate surface area is 86.0 Å². The molecule has 0 atom stereocenters. The van der Waals surface area contributed by atoms with Crippen molar-refractivity contribution in [3.8, 4) is 0 Å². The van der Waals surface area contributed by atoms with Crippen LogP contribution in [0.4, 0.5) is 0 Å². The Morgan fingerprint density at radius 3 is 1.69 bits per heavy atom. The molecule has 80 valence electrons. The van der Waals surface area contributed by atoms with Gasteiger partial charge in [-0.15, -0.1) is 0 Å². The van der Waals surface area contributed by atoms with Crippen LogP contribution in [0.1, 0.15) is 13.8 Å². The second-order valence-corrected chi connectivity index (χ2v) is 15.9. The molecule has 0 unspecified atom stereocenters. The Balaban J connectivity index is 3.89. The average molecular weight is 218 g/mol. The van der Waals surface area contributed by atoms with Gasteiger partial charge < -0.3 is 4.43 Å². The van der Waals surface area contributed by atoms with Gasteiger partial charge in [0.1, 0.15) is 0 Å². The molecule has 0 saturated heterocycles. The van der Waals surface area contributed by atoms with Crippen LogP contribution in [0.15, 0.2) is 0 Å². The van der Waals surface area contributed by atoms with Crippen LogP contribution in [0.25, 0.3) is 0 Å². The lowest BCUT2D eigenvalue weighted by Gasteiger charge is -2.28. The van der Waals surface area contributed by atoms with Crippen LogP contribution in [0, 0.1) is 0 Å².